The van der Waals surface area contributed by atoms with E-state index in [1.54, 1.807) is 11.3 Å². The molecule has 1 aromatic heterocycles. The minimum absolute atomic E-state index is 0.343. The van der Waals surface area contributed by atoms with Crippen molar-refractivity contribution >= 4 is 38.8 Å². The normalized spacial score (nSPS) is 12.5. The maximum Gasteiger partial charge on any atom is 0.106 e. The van der Waals surface area contributed by atoms with Gasteiger partial charge in [-0.25, -0.2) is 4.98 Å². The Morgan fingerprint density at radius 1 is 1.19 bits per heavy atom. The zero-order valence-electron chi connectivity index (χ0n) is 11.8. The van der Waals surface area contributed by atoms with Crippen molar-refractivity contribution in [1.29, 1.82) is 0 Å². The summed E-state index contributed by atoms with van der Waals surface area (Å²) in [4.78, 5) is 4.42. The first-order valence-electron chi connectivity index (χ1n) is 7.06. The van der Waals surface area contributed by atoms with Crippen molar-refractivity contribution < 1.29 is 0 Å². The monoisotopic (exact) mass is 316 g/mol. The molecule has 0 aliphatic carbocycles. The zero-order valence-corrected chi connectivity index (χ0v) is 13.4. The molecule has 0 spiro atoms. The maximum absolute atomic E-state index is 6.32. The van der Waals surface area contributed by atoms with Crippen LogP contribution >= 0.6 is 22.9 Å². The van der Waals surface area contributed by atoms with Gasteiger partial charge < -0.3 is 5.32 Å². The molecule has 0 aliphatic heterocycles. The maximum atomic E-state index is 6.32. The standard InChI is InChI=1S/C17H17ClN2S/c1-12(7-8-13-5-3-2-4-6-13)20-16-14(18)9-10-15-17(16)19-11-21-15/h2-6,9-12,20H,7-8H2,1H3. The van der Waals surface area contributed by atoms with Gasteiger partial charge in [-0.15, -0.1) is 11.3 Å². The van der Waals surface area contributed by atoms with E-state index >= 15 is 0 Å². The topological polar surface area (TPSA) is 24.9 Å². The predicted octanol–water partition coefficient (Wildman–Crippen LogP) is 5.38. The molecule has 2 aromatic carbocycles. The molecule has 1 atom stereocenters. The van der Waals surface area contributed by atoms with Gasteiger partial charge in [-0.3, -0.25) is 0 Å². The summed E-state index contributed by atoms with van der Waals surface area (Å²) >= 11 is 7.96. The highest BCUT2D eigenvalue weighted by Gasteiger charge is 2.11. The van der Waals surface area contributed by atoms with Crippen LogP contribution in [-0.2, 0) is 6.42 Å². The van der Waals surface area contributed by atoms with Crippen molar-refractivity contribution in [3.63, 3.8) is 0 Å². The summed E-state index contributed by atoms with van der Waals surface area (Å²) in [6, 6.07) is 14.9. The van der Waals surface area contributed by atoms with Crippen molar-refractivity contribution in [2.24, 2.45) is 0 Å². The zero-order chi connectivity index (χ0) is 14.7. The van der Waals surface area contributed by atoms with E-state index in [1.807, 2.05) is 23.7 Å². The van der Waals surface area contributed by atoms with Crippen molar-refractivity contribution in [3.8, 4) is 0 Å². The van der Waals surface area contributed by atoms with Gasteiger partial charge in [0.05, 0.1) is 20.9 Å². The van der Waals surface area contributed by atoms with Crippen LogP contribution in [-0.4, -0.2) is 11.0 Å². The van der Waals surface area contributed by atoms with Gasteiger partial charge in [0.25, 0.3) is 0 Å². The summed E-state index contributed by atoms with van der Waals surface area (Å²) in [5.41, 5.74) is 5.15. The summed E-state index contributed by atoms with van der Waals surface area (Å²) in [5.74, 6) is 0. The highest BCUT2D eigenvalue weighted by atomic mass is 35.5. The molecular weight excluding hydrogens is 300 g/mol. The van der Waals surface area contributed by atoms with Crippen LogP contribution in [0.2, 0.25) is 5.02 Å². The lowest BCUT2D eigenvalue weighted by Gasteiger charge is -2.16. The molecule has 3 rings (SSSR count). The number of nitrogens with zero attached hydrogens (tertiary/aromatic N) is 1. The predicted molar refractivity (Wildman–Crippen MR) is 92.5 cm³/mol. The fourth-order valence-electron chi connectivity index (χ4n) is 2.39. The largest absolute Gasteiger partial charge is 0.380 e. The van der Waals surface area contributed by atoms with E-state index in [1.165, 1.54) is 5.56 Å². The van der Waals surface area contributed by atoms with Gasteiger partial charge in [0.1, 0.15) is 5.52 Å². The molecule has 1 unspecified atom stereocenters. The average molecular weight is 317 g/mol. The number of hydrogen-bond donors (Lipinski definition) is 1. The fourth-order valence-corrected chi connectivity index (χ4v) is 3.28. The number of aromatic nitrogens is 1. The van der Waals surface area contributed by atoms with Gasteiger partial charge in [0.15, 0.2) is 0 Å². The quantitative estimate of drug-likeness (QED) is 0.683. The molecule has 1 heterocycles. The Balaban J connectivity index is 1.70. The number of anilines is 1. The highest BCUT2D eigenvalue weighted by molar-refractivity contribution is 7.16. The first kappa shape index (κ1) is 14.4. The Morgan fingerprint density at radius 2 is 2.00 bits per heavy atom. The van der Waals surface area contributed by atoms with Crippen LogP contribution in [0.3, 0.4) is 0 Å². The number of hydrogen-bond acceptors (Lipinski definition) is 3. The molecule has 0 bridgehead atoms. The van der Waals surface area contributed by atoms with Crippen LogP contribution in [0.25, 0.3) is 10.2 Å². The lowest BCUT2D eigenvalue weighted by Crippen LogP contribution is -2.16. The van der Waals surface area contributed by atoms with Crippen LogP contribution < -0.4 is 5.32 Å². The molecule has 1 N–H and O–H groups in total. The van der Waals surface area contributed by atoms with Crippen LogP contribution in [0.4, 0.5) is 5.69 Å². The second kappa shape index (κ2) is 6.46. The van der Waals surface area contributed by atoms with E-state index in [4.69, 9.17) is 11.6 Å². The minimum atomic E-state index is 0.343. The van der Waals surface area contributed by atoms with Gasteiger partial charge in [-0.2, -0.15) is 0 Å². The summed E-state index contributed by atoms with van der Waals surface area (Å²) in [5, 5.41) is 4.26. The minimum Gasteiger partial charge on any atom is -0.380 e. The molecular formula is C17H17ClN2S. The van der Waals surface area contributed by atoms with Gasteiger partial charge >= 0.3 is 0 Å². The Morgan fingerprint density at radius 3 is 2.81 bits per heavy atom. The smallest absolute Gasteiger partial charge is 0.106 e. The number of rotatable bonds is 5. The summed E-state index contributed by atoms with van der Waals surface area (Å²) in [6.07, 6.45) is 2.11. The molecule has 108 valence electrons. The van der Waals surface area contributed by atoms with E-state index in [2.05, 4.69) is 41.5 Å². The molecule has 0 saturated carbocycles. The molecule has 0 aliphatic rings. The fraction of sp³-hybridized carbons (Fsp3) is 0.235. The lowest BCUT2D eigenvalue weighted by molar-refractivity contribution is 0.707. The van der Waals surface area contributed by atoms with Crippen molar-refractivity contribution in [1.82, 2.24) is 4.98 Å². The van der Waals surface area contributed by atoms with E-state index in [0.717, 1.165) is 33.8 Å². The van der Waals surface area contributed by atoms with E-state index in [9.17, 15) is 0 Å². The first-order valence-corrected chi connectivity index (χ1v) is 8.32. The molecule has 0 radical (unpaired) electrons. The van der Waals surface area contributed by atoms with E-state index in [-0.39, 0.29) is 0 Å². The van der Waals surface area contributed by atoms with Crippen molar-refractivity contribution in [2.45, 2.75) is 25.8 Å². The third-order valence-corrected chi connectivity index (χ3v) is 4.66. The highest BCUT2D eigenvalue weighted by Crippen LogP contribution is 2.32. The SMILES string of the molecule is CC(CCc1ccccc1)Nc1c(Cl)ccc2scnc12. The number of aryl methyl sites for hydroxylation is 1. The Kier molecular flexibility index (Phi) is 4.42. The Labute approximate surface area is 133 Å². The van der Waals surface area contributed by atoms with Gasteiger partial charge in [-0.05, 0) is 37.5 Å². The summed E-state index contributed by atoms with van der Waals surface area (Å²) in [7, 11) is 0. The molecule has 21 heavy (non-hydrogen) atoms. The van der Waals surface area contributed by atoms with Crippen molar-refractivity contribution in [3.05, 3.63) is 58.6 Å². The Bertz CT molecular complexity index is 724. The molecule has 2 nitrogen and oxygen atoms in total. The van der Waals surface area contributed by atoms with Gasteiger partial charge in [0.2, 0.25) is 0 Å². The molecule has 0 amide bonds. The number of halogens is 1. The van der Waals surface area contributed by atoms with Crippen LogP contribution in [0.5, 0.6) is 0 Å². The number of fused-ring (bicyclic) bond motifs is 1. The molecule has 0 fully saturated rings. The summed E-state index contributed by atoms with van der Waals surface area (Å²) < 4.78 is 1.16. The molecule has 0 saturated heterocycles. The second-order valence-corrected chi connectivity index (χ2v) is 6.48. The van der Waals surface area contributed by atoms with Crippen LogP contribution in [0, 0.1) is 0 Å². The second-order valence-electron chi connectivity index (χ2n) is 5.19. The number of nitrogens with one attached hydrogen (secondary N) is 1. The first-order chi connectivity index (χ1) is 10.2. The van der Waals surface area contributed by atoms with Gasteiger partial charge in [0, 0.05) is 6.04 Å². The third-order valence-electron chi connectivity index (χ3n) is 3.55. The third kappa shape index (κ3) is 3.36. The van der Waals surface area contributed by atoms with Crippen LogP contribution in [0.15, 0.2) is 48.0 Å². The number of thiazole rings is 1. The van der Waals surface area contributed by atoms with Crippen molar-refractivity contribution in [2.75, 3.05) is 5.32 Å². The van der Waals surface area contributed by atoms with Crippen LogP contribution in [0.1, 0.15) is 18.9 Å². The Hall–Kier alpha value is -1.58. The van der Waals surface area contributed by atoms with E-state index in [0.29, 0.717) is 6.04 Å². The molecule has 4 heteroatoms. The number of benzene rings is 2. The summed E-state index contributed by atoms with van der Waals surface area (Å²) in [6.45, 7) is 2.18. The van der Waals surface area contributed by atoms with Gasteiger partial charge in [-0.1, -0.05) is 41.9 Å². The molecule has 3 aromatic rings. The average Bonchev–Trinajstić information content (AvgIpc) is 2.98. The van der Waals surface area contributed by atoms with E-state index < -0.39 is 0 Å². The lowest BCUT2D eigenvalue weighted by atomic mass is 10.1.